The second-order valence-corrected chi connectivity index (χ2v) is 5.58. The van der Waals surface area contributed by atoms with Crippen LogP contribution in [0.15, 0.2) is 48.8 Å². The fraction of sp³-hybridized carbons (Fsp3) is 0.222. The minimum Gasteiger partial charge on any atom is -0.314 e. The predicted molar refractivity (Wildman–Crippen MR) is 88.7 cm³/mol. The first-order valence-electron chi connectivity index (χ1n) is 7.71. The van der Waals surface area contributed by atoms with E-state index in [-0.39, 0.29) is 30.7 Å². The summed E-state index contributed by atoms with van der Waals surface area (Å²) in [5, 5.41) is 0. The minimum atomic E-state index is -0.288. The largest absolute Gasteiger partial charge is 0.314 e. The third-order valence-electron chi connectivity index (χ3n) is 4.06. The average Bonchev–Trinajstić information content (AvgIpc) is 2.87. The van der Waals surface area contributed by atoms with Gasteiger partial charge in [-0.15, -0.1) is 0 Å². The fourth-order valence-electron chi connectivity index (χ4n) is 2.69. The zero-order valence-corrected chi connectivity index (χ0v) is 13.3. The number of anilines is 1. The highest BCUT2D eigenvalue weighted by molar-refractivity contribution is 6.21. The van der Waals surface area contributed by atoms with Gasteiger partial charge in [-0.1, -0.05) is 12.1 Å². The van der Waals surface area contributed by atoms with E-state index in [1.165, 1.54) is 9.80 Å². The van der Waals surface area contributed by atoms with Gasteiger partial charge in [0.15, 0.2) is 0 Å². The zero-order valence-electron chi connectivity index (χ0n) is 13.3. The van der Waals surface area contributed by atoms with Crippen LogP contribution in [0.2, 0.25) is 0 Å². The molecular formula is C18H17N3O3. The van der Waals surface area contributed by atoms with E-state index in [0.717, 1.165) is 0 Å². The molecule has 0 fully saturated rings. The van der Waals surface area contributed by atoms with Crippen LogP contribution in [0.3, 0.4) is 0 Å². The predicted octanol–water partition coefficient (Wildman–Crippen LogP) is 2.12. The van der Waals surface area contributed by atoms with Crippen molar-refractivity contribution in [1.29, 1.82) is 0 Å². The third kappa shape index (κ3) is 2.90. The molecule has 0 atom stereocenters. The summed E-state index contributed by atoms with van der Waals surface area (Å²) < 4.78 is 0. The van der Waals surface area contributed by atoms with E-state index in [1.807, 2.05) is 0 Å². The molecule has 0 radical (unpaired) electrons. The molecule has 0 bridgehead atoms. The Morgan fingerprint density at radius 3 is 2.33 bits per heavy atom. The summed E-state index contributed by atoms with van der Waals surface area (Å²) in [5.74, 6) is -0.660. The number of hydrogen-bond donors (Lipinski definition) is 0. The van der Waals surface area contributed by atoms with Crippen molar-refractivity contribution < 1.29 is 14.4 Å². The van der Waals surface area contributed by atoms with E-state index in [9.17, 15) is 14.4 Å². The average molecular weight is 323 g/mol. The molecule has 1 aliphatic rings. The molecule has 0 saturated carbocycles. The molecule has 3 amide bonds. The van der Waals surface area contributed by atoms with Crippen LogP contribution in [-0.2, 0) is 4.79 Å². The summed E-state index contributed by atoms with van der Waals surface area (Å²) in [6, 6.07) is 10.3. The van der Waals surface area contributed by atoms with Gasteiger partial charge in [-0.2, -0.15) is 0 Å². The summed E-state index contributed by atoms with van der Waals surface area (Å²) in [6.45, 7) is 0.235. The normalized spacial score (nSPS) is 13.1. The Kier molecular flexibility index (Phi) is 4.37. The monoisotopic (exact) mass is 323 g/mol. The van der Waals surface area contributed by atoms with Gasteiger partial charge in [0.05, 0.1) is 23.0 Å². The van der Waals surface area contributed by atoms with E-state index in [4.69, 9.17) is 0 Å². The summed E-state index contributed by atoms with van der Waals surface area (Å²) in [7, 11) is 1.68. The third-order valence-corrected chi connectivity index (χ3v) is 4.06. The molecule has 122 valence electrons. The molecule has 1 aliphatic heterocycles. The highest BCUT2D eigenvalue weighted by atomic mass is 16.2. The maximum Gasteiger partial charge on any atom is 0.261 e. The second-order valence-electron chi connectivity index (χ2n) is 5.58. The van der Waals surface area contributed by atoms with Gasteiger partial charge in [-0.3, -0.25) is 24.3 Å². The maximum atomic E-state index is 12.2. The first kappa shape index (κ1) is 15.9. The van der Waals surface area contributed by atoms with Gasteiger partial charge in [0, 0.05) is 26.2 Å². The lowest BCUT2D eigenvalue weighted by Crippen LogP contribution is -2.32. The van der Waals surface area contributed by atoms with Gasteiger partial charge in [-0.25, -0.2) is 0 Å². The maximum absolute atomic E-state index is 12.2. The number of fused-ring (bicyclic) bond motifs is 1. The van der Waals surface area contributed by atoms with Crippen molar-refractivity contribution in [2.75, 3.05) is 18.5 Å². The zero-order chi connectivity index (χ0) is 17.1. The molecule has 3 rings (SSSR count). The molecule has 1 aromatic carbocycles. The molecule has 2 heterocycles. The first-order valence-corrected chi connectivity index (χ1v) is 7.71. The van der Waals surface area contributed by atoms with Crippen LogP contribution in [0.5, 0.6) is 0 Å². The van der Waals surface area contributed by atoms with Crippen molar-refractivity contribution in [3.8, 4) is 0 Å². The Morgan fingerprint density at radius 2 is 1.75 bits per heavy atom. The van der Waals surface area contributed by atoms with Gasteiger partial charge in [0.1, 0.15) is 0 Å². The second kappa shape index (κ2) is 6.62. The van der Waals surface area contributed by atoms with Crippen LogP contribution in [-0.4, -0.2) is 41.2 Å². The molecule has 0 saturated heterocycles. The number of rotatable bonds is 5. The van der Waals surface area contributed by atoms with Crippen LogP contribution in [0.25, 0.3) is 0 Å². The van der Waals surface area contributed by atoms with Crippen molar-refractivity contribution in [3.63, 3.8) is 0 Å². The molecule has 0 spiro atoms. The summed E-state index contributed by atoms with van der Waals surface area (Å²) in [4.78, 5) is 43.4. The molecule has 2 aromatic rings. The van der Waals surface area contributed by atoms with E-state index in [1.54, 1.807) is 55.8 Å². The van der Waals surface area contributed by atoms with Gasteiger partial charge in [0.25, 0.3) is 11.8 Å². The van der Waals surface area contributed by atoms with E-state index < -0.39 is 0 Å². The number of carbonyl (C=O) groups excluding carboxylic acids is 3. The van der Waals surface area contributed by atoms with Crippen molar-refractivity contribution in [2.45, 2.75) is 12.8 Å². The molecule has 6 nitrogen and oxygen atoms in total. The summed E-state index contributed by atoms with van der Waals surface area (Å²) >= 11 is 0. The lowest BCUT2D eigenvalue weighted by Gasteiger charge is -2.18. The fourth-order valence-corrected chi connectivity index (χ4v) is 2.69. The number of imide groups is 1. The first-order chi connectivity index (χ1) is 11.6. The number of hydrogen-bond acceptors (Lipinski definition) is 4. The van der Waals surface area contributed by atoms with Crippen molar-refractivity contribution in [2.24, 2.45) is 0 Å². The van der Waals surface area contributed by atoms with E-state index in [0.29, 0.717) is 23.2 Å². The van der Waals surface area contributed by atoms with E-state index >= 15 is 0 Å². The Hall–Kier alpha value is -3.02. The van der Waals surface area contributed by atoms with Crippen molar-refractivity contribution in [1.82, 2.24) is 9.88 Å². The Morgan fingerprint density at radius 1 is 1.08 bits per heavy atom. The number of benzene rings is 1. The summed E-state index contributed by atoms with van der Waals surface area (Å²) in [5.41, 5.74) is 1.57. The molecule has 6 heteroatoms. The van der Waals surface area contributed by atoms with Crippen molar-refractivity contribution in [3.05, 3.63) is 59.9 Å². The van der Waals surface area contributed by atoms with Crippen LogP contribution in [0, 0.1) is 0 Å². The number of aromatic nitrogens is 1. The van der Waals surface area contributed by atoms with E-state index in [2.05, 4.69) is 4.98 Å². The smallest absolute Gasteiger partial charge is 0.261 e. The molecular weight excluding hydrogens is 306 g/mol. The lowest BCUT2D eigenvalue weighted by atomic mass is 10.1. The molecule has 0 N–H and O–H groups in total. The number of amides is 3. The Bertz CT molecular complexity index is 754. The topological polar surface area (TPSA) is 70.6 Å². The highest BCUT2D eigenvalue weighted by Crippen LogP contribution is 2.22. The SMILES string of the molecule is CN(C(=O)CCCN1C(=O)c2ccccc2C1=O)c1cccnc1. The molecule has 1 aromatic heterocycles. The van der Waals surface area contributed by atoms with Crippen LogP contribution < -0.4 is 4.90 Å². The van der Waals surface area contributed by atoms with Crippen LogP contribution in [0.1, 0.15) is 33.6 Å². The molecule has 0 unspecified atom stereocenters. The van der Waals surface area contributed by atoms with Gasteiger partial charge in [0.2, 0.25) is 5.91 Å². The molecule has 24 heavy (non-hydrogen) atoms. The van der Waals surface area contributed by atoms with Gasteiger partial charge < -0.3 is 4.90 Å². The van der Waals surface area contributed by atoms with Gasteiger partial charge >= 0.3 is 0 Å². The summed E-state index contributed by atoms with van der Waals surface area (Å²) in [6.07, 6.45) is 3.93. The van der Waals surface area contributed by atoms with Crippen molar-refractivity contribution >= 4 is 23.4 Å². The molecule has 0 aliphatic carbocycles. The number of nitrogens with zero attached hydrogens (tertiary/aromatic N) is 3. The Balaban J connectivity index is 1.57. The number of carbonyl (C=O) groups is 3. The Labute approximate surface area is 139 Å². The lowest BCUT2D eigenvalue weighted by molar-refractivity contribution is -0.118. The quantitative estimate of drug-likeness (QED) is 0.790. The standard InChI is InChI=1S/C18H17N3O3/c1-20(13-6-4-10-19-12-13)16(22)9-5-11-21-17(23)14-7-2-3-8-15(14)18(21)24/h2-4,6-8,10,12H,5,9,11H2,1H3. The minimum absolute atomic E-state index is 0.0837. The van der Waals surface area contributed by atoms with Crippen LogP contribution in [0.4, 0.5) is 5.69 Å². The van der Waals surface area contributed by atoms with Gasteiger partial charge in [-0.05, 0) is 30.7 Å². The number of pyridine rings is 1. The highest BCUT2D eigenvalue weighted by Gasteiger charge is 2.34. The van der Waals surface area contributed by atoms with Crippen LogP contribution >= 0.6 is 0 Å².